The third-order valence-electron chi connectivity index (χ3n) is 6.39. The van der Waals surface area contributed by atoms with E-state index in [1.54, 1.807) is 13.8 Å². The maximum Gasteiger partial charge on any atom is 0.417 e. The number of ether oxygens (including phenoxy) is 2. The maximum absolute atomic E-state index is 13.4. The molecule has 0 N–H and O–H groups in total. The number of rotatable bonds is 3. The fourth-order valence-electron chi connectivity index (χ4n) is 5.27. The zero-order valence-electron chi connectivity index (χ0n) is 16.9. The predicted octanol–water partition coefficient (Wildman–Crippen LogP) is 3.43. The molecule has 3 aliphatic rings. The van der Waals surface area contributed by atoms with Gasteiger partial charge in [0.15, 0.2) is 0 Å². The van der Waals surface area contributed by atoms with Crippen molar-refractivity contribution in [1.82, 2.24) is 0 Å². The summed E-state index contributed by atoms with van der Waals surface area (Å²) in [6.45, 7) is 7.19. The predicted molar refractivity (Wildman–Crippen MR) is 98.2 cm³/mol. The van der Waals surface area contributed by atoms with Gasteiger partial charge >= 0.3 is 6.18 Å². The van der Waals surface area contributed by atoms with Crippen molar-refractivity contribution in [1.29, 1.82) is 5.26 Å². The molecule has 3 saturated heterocycles. The Morgan fingerprint density at radius 2 is 1.87 bits per heavy atom. The molecule has 1 aromatic rings. The quantitative estimate of drug-likeness (QED) is 0.698. The van der Waals surface area contributed by atoms with Gasteiger partial charge < -0.3 is 9.47 Å². The second-order valence-electron chi connectivity index (χ2n) is 8.78. The molecule has 5 atom stereocenters. The summed E-state index contributed by atoms with van der Waals surface area (Å²) >= 11 is 0. The van der Waals surface area contributed by atoms with Crippen LogP contribution in [0.25, 0.3) is 0 Å². The van der Waals surface area contributed by atoms with Crippen molar-refractivity contribution in [2.24, 2.45) is 11.8 Å². The van der Waals surface area contributed by atoms with Crippen molar-refractivity contribution >= 4 is 17.5 Å². The Labute approximate surface area is 171 Å². The fourth-order valence-corrected chi connectivity index (χ4v) is 5.27. The minimum atomic E-state index is -4.79. The number of anilines is 1. The van der Waals surface area contributed by atoms with Crippen LogP contribution in [0.3, 0.4) is 0 Å². The van der Waals surface area contributed by atoms with Crippen molar-refractivity contribution in [3.05, 3.63) is 29.3 Å². The van der Waals surface area contributed by atoms with E-state index in [1.165, 1.54) is 12.1 Å². The van der Waals surface area contributed by atoms with Gasteiger partial charge in [0.1, 0.15) is 5.60 Å². The molecule has 2 amide bonds. The van der Waals surface area contributed by atoms with E-state index in [0.29, 0.717) is 12.5 Å². The molecule has 2 bridgehead atoms. The zero-order chi connectivity index (χ0) is 22.2. The first-order valence-corrected chi connectivity index (χ1v) is 9.68. The summed E-state index contributed by atoms with van der Waals surface area (Å²) in [6.07, 6.45) is -4.91. The summed E-state index contributed by atoms with van der Waals surface area (Å²) in [4.78, 5) is 27.3. The van der Waals surface area contributed by atoms with E-state index >= 15 is 0 Å². The van der Waals surface area contributed by atoms with E-state index in [4.69, 9.17) is 14.7 Å². The highest BCUT2D eigenvalue weighted by Crippen LogP contribution is 2.62. The Morgan fingerprint density at radius 1 is 1.23 bits per heavy atom. The number of carbonyl (C=O) groups is 2. The minimum Gasteiger partial charge on any atom is -0.372 e. The lowest BCUT2D eigenvalue weighted by Gasteiger charge is -2.36. The Kier molecular flexibility index (Phi) is 4.36. The van der Waals surface area contributed by atoms with E-state index in [9.17, 15) is 22.8 Å². The van der Waals surface area contributed by atoms with E-state index < -0.39 is 58.3 Å². The number of nitrogens with zero attached hydrogens (tertiary/aromatic N) is 2. The lowest BCUT2D eigenvalue weighted by Crippen LogP contribution is -2.50. The SMILES string of the molecule is CC(C)O[C@H]1C[C@@]2(C)O[C@@]1(C)[C@H]1C(=O)N(c3ccc(C#N)c(C(F)(F)F)c3)C(=O)[C@H]12. The molecule has 160 valence electrons. The van der Waals surface area contributed by atoms with Gasteiger partial charge in [-0.25, -0.2) is 4.90 Å². The number of alkyl halides is 3. The molecule has 0 radical (unpaired) electrons. The number of carbonyl (C=O) groups excluding carboxylic acids is 2. The number of imide groups is 1. The van der Waals surface area contributed by atoms with Crippen LogP contribution in [0.15, 0.2) is 18.2 Å². The first-order chi connectivity index (χ1) is 13.8. The average molecular weight is 422 g/mol. The Hall–Kier alpha value is -2.44. The van der Waals surface area contributed by atoms with Gasteiger partial charge in [-0.1, -0.05) is 0 Å². The van der Waals surface area contributed by atoms with E-state index in [2.05, 4.69) is 0 Å². The van der Waals surface area contributed by atoms with Crippen LogP contribution < -0.4 is 4.90 Å². The third-order valence-corrected chi connectivity index (χ3v) is 6.39. The topological polar surface area (TPSA) is 79.6 Å². The summed E-state index contributed by atoms with van der Waals surface area (Å²) in [6, 6.07) is 4.36. The molecule has 9 heteroatoms. The number of amides is 2. The van der Waals surface area contributed by atoms with Crippen molar-refractivity contribution in [3.8, 4) is 6.07 Å². The molecule has 4 rings (SSSR count). The Morgan fingerprint density at radius 3 is 2.43 bits per heavy atom. The van der Waals surface area contributed by atoms with Gasteiger partial charge in [-0.05, 0) is 45.9 Å². The Balaban J connectivity index is 1.76. The van der Waals surface area contributed by atoms with Crippen molar-refractivity contribution in [3.63, 3.8) is 0 Å². The molecule has 6 nitrogen and oxygen atoms in total. The highest BCUT2D eigenvalue weighted by Gasteiger charge is 2.76. The van der Waals surface area contributed by atoms with E-state index in [1.807, 2.05) is 13.8 Å². The summed E-state index contributed by atoms with van der Waals surface area (Å²) in [7, 11) is 0. The van der Waals surface area contributed by atoms with E-state index in [-0.39, 0.29) is 11.8 Å². The normalized spacial score (nSPS) is 35.3. The summed E-state index contributed by atoms with van der Waals surface area (Å²) in [5.41, 5.74) is -3.94. The number of halogens is 3. The molecule has 0 aliphatic carbocycles. The smallest absolute Gasteiger partial charge is 0.372 e. The Bertz CT molecular complexity index is 985. The molecule has 0 spiro atoms. The van der Waals surface area contributed by atoms with Gasteiger partial charge in [-0.15, -0.1) is 0 Å². The standard InChI is InChI=1S/C21H21F3N2O4/c1-10(2)29-14-8-19(3)15-16(20(14,4)30-19)18(28)26(17(15)27)12-6-5-11(9-25)13(7-12)21(22,23)24/h5-7,10,14-16H,8H2,1-4H3/t14-,15-,16+,19+,20+/m0/s1. The van der Waals surface area contributed by atoms with Gasteiger partial charge in [0, 0.05) is 6.42 Å². The second kappa shape index (κ2) is 6.28. The van der Waals surface area contributed by atoms with Crippen LogP contribution in [-0.2, 0) is 25.2 Å². The van der Waals surface area contributed by atoms with Gasteiger partial charge in [0.2, 0.25) is 11.8 Å². The molecule has 3 aliphatic heterocycles. The maximum atomic E-state index is 13.4. The fraction of sp³-hybridized carbons (Fsp3) is 0.571. The van der Waals surface area contributed by atoms with Crippen LogP contribution in [-0.4, -0.2) is 35.2 Å². The van der Waals surface area contributed by atoms with Crippen LogP contribution in [0, 0.1) is 23.2 Å². The number of hydrogen-bond donors (Lipinski definition) is 0. The number of hydrogen-bond acceptors (Lipinski definition) is 5. The lowest BCUT2D eigenvalue weighted by atomic mass is 9.67. The first-order valence-electron chi connectivity index (χ1n) is 9.68. The van der Waals surface area contributed by atoms with Crippen LogP contribution in [0.4, 0.5) is 18.9 Å². The molecule has 3 fully saturated rings. The minimum absolute atomic E-state index is 0.118. The molecule has 1 aromatic carbocycles. The van der Waals surface area contributed by atoms with Gasteiger partial charge in [-0.3, -0.25) is 9.59 Å². The second-order valence-corrected chi connectivity index (χ2v) is 8.78. The molecule has 30 heavy (non-hydrogen) atoms. The molecule has 3 heterocycles. The monoisotopic (exact) mass is 422 g/mol. The van der Waals surface area contributed by atoms with Crippen molar-refractivity contribution in [2.45, 2.75) is 63.7 Å². The van der Waals surface area contributed by atoms with Crippen molar-refractivity contribution in [2.75, 3.05) is 4.90 Å². The largest absolute Gasteiger partial charge is 0.417 e. The molecular weight excluding hydrogens is 401 g/mol. The first kappa shape index (κ1) is 20.8. The third kappa shape index (κ3) is 2.70. The van der Waals surface area contributed by atoms with Crippen LogP contribution >= 0.6 is 0 Å². The zero-order valence-corrected chi connectivity index (χ0v) is 16.9. The van der Waals surface area contributed by atoms with Crippen LogP contribution in [0.2, 0.25) is 0 Å². The summed E-state index contributed by atoms with van der Waals surface area (Å²) in [5.74, 6) is -2.84. The molecular formula is C21H21F3N2O4. The highest BCUT2D eigenvalue weighted by atomic mass is 19.4. The van der Waals surface area contributed by atoms with Crippen molar-refractivity contribution < 1.29 is 32.2 Å². The van der Waals surface area contributed by atoms with Gasteiger partial charge in [0.05, 0.1) is 52.5 Å². The van der Waals surface area contributed by atoms with Gasteiger partial charge in [-0.2, -0.15) is 18.4 Å². The van der Waals surface area contributed by atoms with Crippen LogP contribution in [0.5, 0.6) is 0 Å². The van der Waals surface area contributed by atoms with E-state index in [0.717, 1.165) is 11.0 Å². The van der Waals surface area contributed by atoms with Gasteiger partial charge in [0.25, 0.3) is 0 Å². The number of fused-ring (bicyclic) bond motifs is 5. The summed E-state index contributed by atoms with van der Waals surface area (Å²) < 4.78 is 52.2. The van der Waals surface area contributed by atoms with Crippen LogP contribution in [0.1, 0.15) is 45.2 Å². The molecule has 0 unspecified atom stereocenters. The lowest BCUT2D eigenvalue weighted by molar-refractivity contribution is -0.140. The average Bonchev–Trinajstić information content (AvgIpc) is 3.14. The molecule has 0 saturated carbocycles. The number of benzene rings is 1. The molecule has 0 aromatic heterocycles. The summed E-state index contributed by atoms with van der Waals surface area (Å²) in [5, 5.41) is 8.99. The highest BCUT2D eigenvalue weighted by molar-refractivity contribution is 6.23. The number of nitriles is 1.